The summed E-state index contributed by atoms with van der Waals surface area (Å²) >= 11 is 0. The molecule has 1 N–H and O–H groups in total. The molecule has 0 fully saturated rings. The van der Waals surface area contributed by atoms with Gasteiger partial charge in [-0.05, 0) is 39.9 Å². The Morgan fingerprint density at radius 3 is 2.42 bits per heavy atom. The molecule has 0 aromatic rings. The number of rotatable bonds is 7. The molecule has 74 valence electrons. The lowest BCUT2D eigenvalue weighted by Gasteiger charge is -2.13. The molecule has 0 aromatic carbocycles. The maximum atomic E-state index is 9.00. The van der Waals surface area contributed by atoms with Gasteiger partial charge in [-0.1, -0.05) is 19.8 Å². The third-order valence-electron chi connectivity index (χ3n) is 2.20. The first kappa shape index (κ1) is 11.9. The van der Waals surface area contributed by atoms with Crippen LogP contribution in [0.4, 0.5) is 0 Å². The Hall–Kier alpha value is -0.0800. The van der Waals surface area contributed by atoms with Crippen LogP contribution in [0.2, 0.25) is 0 Å². The van der Waals surface area contributed by atoms with Gasteiger partial charge in [0.05, 0.1) is 6.10 Å². The summed E-state index contributed by atoms with van der Waals surface area (Å²) in [6, 6.07) is 0. The summed E-state index contributed by atoms with van der Waals surface area (Å²) in [6.45, 7) is 6.36. The monoisotopic (exact) mass is 173 g/mol. The summed E-state index contributed by atoms with van der Waals surface area (Å²) in [5.74, 6) is 0. The van der Waals surface area contributed by atoms with E-state index in [9.17, 15) is 0 Å². The van der Waals surface area contributed by atoms with Crippen LogP contribution in [0.3, 0.4) is 0 Å². The summed E-state index contributed by atoms with van der Waals surface area (Å²) in [4.78, 5) is 2.32. The molecule has 0 radical (unpaired) electrons. The zero-order valence-electron chi connectivity index (χ0n) is 8.71. The second-order valence-corrected chi connectivity index (χ2v) is 3.59. The number of aliphatic hydroxyl groups is 1. The van der Waals surface area contributed by atoms with Crippen LogP contribution in [0.25, 0.3) is 0 Å². The number of unbranched alkanes of at least 4 members (excludes halogenated alkanes) is 2. The lowest BCUT2D eigenvalue weighted by molar-refractivity contribution is 0.179. The van der Waals surface area contributed by atoms with E-state index in [-0.39, 0.29) is 6.10 Å². The van der Waals surface area contributed by atoms with Crippen LogP contribution in [0.1, 0.15) is 39.5 Å². The second kappa shape index (κ2) is 7.56. The molecule has 0 saturated heterocycles. The Kier molecular flexibility index (Phi) is 7.51. The van der Waals surface area contributed by atoms with Crippen LogP contribution in [0, 0.1) is 0 Å². The normalized spacial score (nSPS) is 13.8. The van der Waals surface area contributed by atoms with Crippen molar-refractivity contribution in [2.75, 3.05) is 20.1 Å². The standard InChI is InChI=1S/C10H23NO/c1-4-11(3)9-7-5-6-8-10(2)12/h10,12H,4-9H2,1-3H3. The lowest BCUT2D eigenvalue weighted by Crippen LogP contribution is -2.18. The van der Waals surface area contributed by atoms with E-state index in [2.05, 4.69) is 18.9 Å². The minimum absolute atomic E-state index is 0.117. The third-order valence-corrected chi connectivity index (χ3v) is 2.20. The minimum Gasteiger partial charge on any atom is -0.393 e. The SMILES string of the molecule is CCN(C)CCCCCC(C)O. The molecule has 2 nitrogen and oxygen atoms in total. The van der Waals surface area contributed by atoms with Crippen LogP contribution in [0.5, 0.6) is 0 Å². The average molecular weight is 173 g/mol. The van der Waals surface area contributed by atoms with Crippen LogP contribution in [0.15, 0.2) is 0 Å². The first-order valence-corrected chi connectivity index (χ1v) is 5.03. The second-order valence-electron chi connectivity index (χ2n) is 3.59. The van der Waals surface area contributed by atoms with Crippen molar-refractivity contribution in [2.45, 2.75) is 45.6 Å². The van der Waals surface area contributed by atoms with E-state index in [1.54, 1.807) is 0 Å². The Morgan fingerprint density at radius 1 is 1.25 bits per heavy atom. The molecule has 0 aliphatic heterocycles. The van der Waals surface area contributed by atoms with Crippen LogP contribution in [-0.2, 0) is 0 Å². The summed E-state index contributed by atoms with van der Waals surface area (Å²) in [6.07, 6.45) is 4.51. The lowest BCUT2D eigenvalue weighted by atomic mass is 10.1. The van der Waals surface area contributed by atoms with E-state index in [1.165, 1.54) is 19.4 Å². The van der Waals surface area contributed by atoms with Gasteiger partial charge in [0, 0.05) is 0 Å². The minimum atomic E-state index is -0.117. The molecule has 0 aliphatic carbocycles. The highest BCUT2D eigenvalue weighted by Gasteiger charge is 1.96. The smallest absolute Gasteiger partial charge is 0.0512 e. The maximum Gasteiger partial charge on any atom is 0.0512 e. The van der Waals surface area contributed by atoms with Crippen molar-refractivity contribution >= 4 is 0 Å². The van der Waals surface area contributed by atoms with Gasteiger partial charge in [-0.15, -0.1) is 0 Å². The molecule has 0 bridgehead atoms. The fraction of sp³-hybridized carbons (Fsp3) is 1.00. The van der Waals surface area contributed by atoms with Gasteiger partial charge in [0.25, 0.3) is 0 Å². The summed E-state index contributed by atoms with van der Waals surface area (Å²) in [7, 11) is 2.15. The molecule has 0 aliphatic rings. The molecule has 2 heteroatoms. The highest BCUT2D eigenvalue weighted by atomic mass is 16.3. The molecule has 12 heavy (non-hydrogen) atoms. The zero-order valence-corrected chi connectivity index (χ0v) is 8.71. The van der Waals surface area contributed by atoms with Gasteiger partial charge in [-0.25, -0.2) is 0 Å². The Morgan fingerprint density at radius 2 is 1.92 bits per heavy atom. The predicted molar refractivity (Wildman–Crippen MR) is 53.3 cm³/mol. The van der Waals surface area contributed by atoms with Crippen molar-refractivity contribution in [1.29, 1.82) is 0 Å². The number of hydrogen-bond acceptors (Lipinski definition) is 2. The fourth-order valence-electron chi connectivity index (χ4n) is 1.16. The molecular weight excluding hydrogens is 150 g/mol. The van der Waals surface area contributed by atoms with Crippen molar-refractivity contribution in [3.63, 3.8) is 0 Å². The predicted octanol–water partition coefficient (Wildman–Crippen LogP) is 1.88. The highest BCUT2D eigenvalue weighted by molar-refractivity contribution is 4.51. The molecule has 0 heterocycles. The van der Waals surface area contributed by atoms with Crippen molar-refractivity contribution in [3.8, 4) is 0 Å². The van der Waals surface area contributed by atoms with E-state index in [4.69, 9.17) is 5.11 Å². The van der Waals surface area contributed by atoms with Crippen molar-refractivity contribution in [1.82, 2.24) is 4.90 Å². The van der Waals surface area contributed by atoms with Crippen molar-refractivity contribution in [3.05, 3.63) is 0 Å². The number of hydrogen-bond donors (Lipinski definition) is 1. The molecule has 0 saturated carbocycles. The van der Waals surface area contributed by atoms with Crippen LogP contribution < -0.4 is 0 Å². The van der Waals surface area contributed by atoms with E-state index >= 15 is 0 Å². The summed E-state index contributed by atoms with van der Waals surface area (Å²) < 4.78 is 0. The largest absolute Gasteiger partial charge is 0.393 e. The molecule has 0 aromatic heterocycles. The van der Waals surface area contributed by atoms with E-state index in [0.717, 1.165) is 19.4 Å². The number of nitrogens with zero attached hydrogens (tertiary/aromatic N) is 1. The van der Waals surface area contributed by atoms with Crippen molar-refractivity contribution in [2.24, 2.45) is 0 Å². The van der Waals surface area contributed by atoms with Gasteiger partial charge in [0.15, 0.2) is 0 Å². The van der Waals surface area contributed by atoms with E-state index in [0.29, 0.717) is 0 Å². The van der Waals surface area contributed by atoms with E-state index < -0.39 is 0 Å². The third kappa shape index (κ3) is 8.02. The molecule has 0 rings (SSSR count). The van der Waals surface area contributed by atoms with Crippen LogP contribution >= 0.6 is 0 Å². The molecule has 1 unspecified atom stereocenters. The average Bonchev–Trinajstić information content (AvgIpc) is 2.03. The van der Waals surface area contributed by atoms with Gasteiger partial charge >= 0.3 is 0 Å². The fourth-order valence-corrected chi connectivity index (χ4v) is 1.16. The quantitative estimate of drug-likeness (QED) is 0.594. The van der Waals surface area contributed by atoms with E-state index in [1.807, 2.05) is 6.92 Å². The summed E-state index contributed by atoms with van der Waals surface area (Å²) in [5.41, 5.74) is 0. The summed E-state index contributed by atoms with van der Waals surface area (Å²) in [5, 5.41) is 9.00. The van der Waals surface area contributed by atoms with Crippen molar-refractivity contribution < 1.29 is 5.11 Å². The Balaban J connectivity index is 3.00. The topological polar surface area (TPSA) is 23.5 Å². The highest BCUT2D eigenvalue weighted by Crippen LogP contribution is 2.03. The zero-order chi connectivity index (χ0) is 9.40. The Bertz CT molecular complexity index is 93.8. The van der Waals surface area contributed by atoms with Gasteiger partial charge in [-0.2, -0.15) is 0 Å². The van der Waals surface area contributed by atoms with Gasteiger partial charge in [-0.3, -0.25) is 0 Å². The molecule has 1 atom stereocenters. The molecular formula is C10H23NO. The van der Waals surface area contributed by atoms with Crippen LogP contribution in [-0.4, -0.2) is 36.2 Å². The van der Waals surface area contributed by atoms with Gasteiger partial charge in [0.1, 0.15) is 0 Å². The Labute approximate surface area is 76.6 Å². The maximum absolute atomic E-state index is 9.00. The van der Waals surface area contributed by atoms with Gasteiger partial charge in [0.2, 0.25) is 0 Å². The molecule has 0 spiro atoms. The number of aliphatic hydroxyl groups excluding tert-OH is 1. The first-order valence-electron chi connectivity index (χ1n) is 5.03. The first-order chi connectivity index (χ1) is 5.66. The van der Waals surface area contributed by atoms with Gasteiger partial charge < -0.3 is 10.0 Å². The molecule has 0 amide bonds.